The quantitative estimate of drug-likeness (QED) is 0.712. The zero-order valence-electron chi connectivity index (χ0n) is 11.9. The van der Waals surface area contributed by atoms with Gasteiger partial charge in [-0.3, -0.25) is 0 Å². The predicted molar refractivity (Wildman–Crippen MR) is 79.7 cm³/mol. The second-order valence-corrected chi connectivity index (χ2v) is 7.44. The minimum Gasteiger partial charge on any atom is -0.330 e. The van der Waals surface area contributed by atoms with E-state index in [0.717, 1.165) is 11.8 Å². The summed E-state index contributed by atoms with van der Waals surface area (Å²) in [6.45, 7) is 11.6. The Morgan fingerprint density at radius 1 is 1.35 bits per heavy atom. The highest BCUT2D eigenvalue weighted by atomic mass is 32.2. The summed E-state index contributed by atoms with van der Waals surface area (Å²) in [5.74, 6) is 1.33. The molecule has 2 N–H and O–H groups in total. The normalized spacial score (nSPS) is 22.9. The molecule has 1 aliphatic rings. The predicted octanol–water partition coefficient (Wildman–Crippen LogP) is 2.97. The molecular formula is C14H30N2S. The smallest absolute Gasteiger partial charge is 0.0172 e. The van der Waals surface area contributed by atoms with Crippen molar-refractivity contribution in [3.05, 3.63) is 0 Å². The van der Waals surface area contributed by atoms with Crippen LogP contribution in [0.3, 0.4) is 0 Å². The summed E-state index contributed by atoms with van der Waals surface area (Å²) in [5.41, 5.74) is 6.09. The Hall–Kier alpha value is 0.270. The third-order valence-corrected chi connectivity index (χ3v) is 5.18. The lowest BCUT2D eigenvalue weighted by molar-refractivity contribution is 0.261. The van der Waals surface area contributed by atoms with Gasteiger partial charge in [0.05, 0.1) is 0 Å². The van der Waals surface area contributed by atoms with Crippen LogP contribution in [0, 0.1) is 5.41 Å². The summed E-state index contributed by atoms with van der Waals surface area (Å²) >= 11 is 2.16. The standard InChI is InChI=1S/C14H30N2S/c1-4-13-11-16(9-10-17-13)8-6-5-7-14(2,3)12-15/h13H,4-12,15H2,1-3H3. The fourth-order valence-electron chi connectivity index (χ4n) is 2.27. The van der Waals surface area contributed by atoms with Crippen molar-refractivity contribution in [2.75, 3.05) is 31.9 Å². The molecule has 0 bridgehead atoms. The van der Waals surface area contributed by atoms with Crippen LogP contribution in [0.25, 0.3) is 0 Å². The lowest BCUT2D eigenvalue weighted by Gasteiger charge is -2.32. The highest BCUT2D eigenvalue weighted by Crippen LogP contribution is 2.23. The maximum atomic E-state index is 5.75. The SMILES string of the molecule is CCC1CN(CCCCC(C)(C)CN)CCS1. The molecule has 102 valence electrons. The molecule has 1 unspecified atom stereocenters. The van der Waals surface area contributed by atoms with Gasteiger partial charge in [-0.25, -0.2) is 0 Å². The van der Waals surface area contributed by atoms with Crippen LogP contribution in [0.2, 0.25) is 0 Å². The van der Waals surface area contributed by atoms with Crippen LogP contribution >= 0.6 is 11.8 Å². The van der Waals surface area contributed by atoms with Crippen LogP contribution in [0.1, 0.15) is 46.5 Å². The Labute approximate surface area is 112 Å². The monoisotopic (exact) mass is 258 g/mol. The Morgan fingerprint density at radius 3 is 2.76 bits per heavy atom. The molecule has 3 heteroatoms. The number of unbranched alkanes of at least 4 members (excludes halogenated alkanes) is 1. The molecule has 0 aromatic carbocycles. The van der Waals surface area contributed by atoms with Crippen LogP contribution in [0.5, 0.6) is 0 Å². The third kappa shape index (κ3) is 6.12. The molecule has 0 radical (unpaired) electrons. The summed E-state index contributed by atoms with van der Waals surface area (Å²) in [5, 5.41) is 0.879. The van der Waals surface area contributed by atoms with E-state index in [4.69, 9.17) is 5.73 Å². The summed E-state index contributed by atoms with van der Waals surface area (Å²) in [7, 11) is 0. The van der Waals surface area contributed by atoms with E-state index in [0.29, 0.717) is 5.41 Å². The highest BCUT2D eigenvalue weighted by molar-refractivity contribution is 8.00. The van der Waals surface area contributed by atoms with Gasteiger partial charge in [0, 0.05) is 24.1 Å². The molecule has 1 fully saturated rings. The fraction of sp³-hybridized carbons (Fsp3) is 1.00. The van der Waals surface area contributed by atoms with Crippen molar-refractivity contribution in [1.82, 2.24) is 4.90 Å². The van der Waals surface area contributed by atoms with E-state index in [1.165, 1.54) is 51.1 Å². The van der Waals surface area contributed by atoms with Gasteiger partial charge in [-0.2, -0.15) is 11.8 Å². The second-order valence-electron chi connectivity index (χ2n) is 6.03. The van der Waals surface area contributed by atoms with E-state index < -0.39 is 0 Å². The van der Waals surface area contributed by atoms with Crippen LogP contribution in [0.15, 0.2) is 0 Å². The Bertz CT molecular complexity index is 206. The van der Waals surface area contributed by atoms with E-state index in [2.05, 4.69) is 37.4 Å². The van der Waals surface area contributed by atoms with Crippen molar-refractivity contribution < 1.29 is 0 Å². The van der Waals surface area contributed by atoms with Crippen LogP contribution in [0.4, 0.5) is 0 Å². The molecule has 1 saturated heterocycles. The summed E-state index contributed by atoms with van der Waals surface area (Å²) < 4.78 is 0. The molecular weight excluding hydrogens is 228 g/mol. The minimum atomic E-state index is 0.337. The first-order chi connectivity index (χ1) is 8.07. The molecule has 0 aromatic rings. The lowest BCUT2D eigenvalue weighted by atomic mass is 9.87. The summed E-state index contributed by atoms with van der Waals surface area (Å²) in [6, 6.07) is 0. The molecule has 0 spiro atoms. The number of thioether (sulfide) groups is 1. The number of hydrogen-bond acceptors (Lipinski definition) is 3. The fourth-order valence-corrected chi connectivity index (χ4v) is 3.52. The van der Waals surface area contributed by atoms with Gasteiger partial charge in [0.1, 0.15) is 0 Å². The number of hydrogen-bond donors (Lipinski definition) is 1. The van der Waals surface area contributed by atoms with E-state index >= 15 is 0 Å². The number of nitrogens with zero attached hydrogens (tertiary/aromatic N) is 1. The van der Waals surface area contributed by atoms with Gasteiger partial charge >= 0.3 is 0 Å². The van der Waals surface area contributed by atoms with Crippen molar-refractivity contribution >= 4 is 11.8 Å². The third-order valence-electron chi connectivity index (χ3n) is 3.81. The molecule has 0 amide bonds. The first-order valence-electron chi connectivity index (χ1n) is 7.11. The summed E-state index contributed by atoms with van der Waals surface area (Å²) in [6.07, 6.45) is 5.25. The van der Waals surface area contributed by atoms with E-state index in [1.807, 2.05) is 0 Å². The molecule has 1 aliphatic heterocycles. The first kappa shape index (κ1) is 15.3. The van der Waals surface area contributed by atoms with Gasteiger partial charge in [-0.1, -0.05) is 27.2 Å². The Morgan fingerprint density at radius 2 is 2.12 bits per heavy atom. The zero-order chi connectivity index (χ0) is 12.7. The van der Waals surface area contributed by atoms with E-state index in [1.54, 1.807) is 0 Å². The number of nitrogens with two attached hydrogens (primary N) is 1. The maximum Gasteiger partial charge on any atom is 0.0172 e. The minimum absolute atomic E-state index is 0.337. The van der Waals surface area contributed by atoms with Gasteiger partial charge in [0.15, 0.2) is 0 Å². The Balaban J connectivity index is 2.10. The lowest BCUT2D eigenvalue weighted by Crippen LogP contribution is -2.38. The van der Waals surface area contributed by atoms with Gasteiger partial charge < -0.3 is 10.6 Å². The van der Waals surface area contributed by atoms with Gasteiger partial charge in [-0.05, 0) is 37.8 Å². The molecule has 1 heterocycles. The topological polar surface area (TPSA) is 29.3 Å². The van der Waals surface area contributed by atoms with Gasteiger partial charge in [0.2, 0.25) is 0 Å². The first-order valence-corrected chi connectivity index (χ1v) is 8.16. The molecule has 0 aromatic heterocycles. The average Bonchev–Trinajstić information content (AvgIpc) is 2.35. The number of rotatable bonds is 7. The van der Waals surface area contributed by atoms with Crippen LogP contribution in [-0.4, -0.2) is 42.1 Å². The zero-order valence-corrected chi connectivity index (χ0v) is 12.7. The molecule has 0 aliphatic carbocycles. The van der Waals surface area contributed by atoms with Crippen molar-refractivity contribution in [2.24, 2.45) is 11.1 Å². The second kappa shape index (κ2) is 7.65. The van der Waals surface area contributed by atoms with Crippen molar-refractivity contribution in [3.8, 4) is 0 Å². The van der Waals surface area contributed by atoms with Crippen molar-refractivity contribution in [1.29, 1.82) is 0 Å². The van der Waals surface area contributed by atoms with Crippen LogP contribution < -0.4 is 5.73 Å². The van der Waals surface area contributed by atoms with E-state index in [9.17, 15) is 0 Å². The molecule has 0 saturated carbocycles. The van der Waals surface area contributed by atoms with Gasteiger partial charge in [0.25, 0.3) is 0 Å². The molecule has 2 nitrogen and oxygen atoms in total. The molecule has 1 rings (SSSR count). The largest absolute Gasteiger partial charge is 0.330 e. The van der Waals surface area contributed by atoms with E-state index in [-0.39, 0.29) is 0 Å². The molecule has 1 atom stereocenters. The highest BCUT2D eigenvalue weighted by Gasteiger charge is 2.19. The van der Waals surface area contributed by atoms with Crippen LogP contribution in [-0.2, 0) is 0 Å². The van der Waals surface area contributed by atoms with Crippen molar-refractivity contribution in [2.45, 2.75) is 51.7 Å². The Kier molecular flexibility index (Phi) is 6.90. The van der Waals surface area contributed by atoms with Crippen molar-refractivity contribution in [3.63, 3.8) is 0 Å². The maximum absolute atomic E-state index is 5.75. The molecule has 17 heavy (non-hydrogen) atoms. The average molecular weight is 258 g/mol. The summed E-state index contributed by atoms with van der Waals surface area (Å²) in [4.78, 5) is 2.65. The van der Waals surface area contributed by atoms with Gasteiger partial charge in [-0.15, -0.1) is 0 Å².